The van der Waals surface area contributed by atoms with Crippen LogP contribution < -0.4 is 0 Å². The Kier molecular flexibility index (Phi) is 4.34. The fourth-order valence-electron chi connectivity index (χ4n) is 2.44. The Morgan fingerprint density at radius 1 is 1.47 bits per heavy atom. The van der Waals surface area contributed by atoms with Gasteiger partial charge in [0.15, 0.2) is 0 Å². The van der Waals surface area contributed by atoms with Gasteiger partial charge in [-0.05, 0) is 26.9 Å². The van der Waals surface area contributed by atoms with E-state index in [-0.39, 0.29) is 5.38 Å². The van der Waals surface area contributed by atoms with Crippen molar-refractivity contribution in [1.82, 2.24) is 14.7 Å². The SMILES string of the molecule is CN(C)CCn1ncc(Cl)c1C1CCCC1Cl. The van der Waals surface area contributed by atoms with Crippen LogP contribution in [0.3, 0.4) is 0 Å². The fourth-order valence-corrected chi connectivity index (χ4v) is 3.12. The largest absolute Gasteiger partial charge is 0.308 e. The van der Waals surface area contributed by atoms with Gasteiger partial charge in [-0.1, -0.05) is 18.0 Å². The van der Waals surface area contributed by atoms with Crippen molar-refractivity contribution in [3.63, 3.8) is 0 Å². The van der Waals surface area contributed by atoms with E-state index in [4.69, 9.17) is 23.2 Å². The summed E-state index contributed by atoms with van der Waals surface area (Å²) in [6.45, 7) is 1.83. The highest BCUT2D eigenvalue weighted by Gasteiger charge is 2.31. The molecule has 1 aliphatic rings. The molecule has 1 saturated carbocycles. The van der Waals surface area contributed by atoms with Crippen LogP contribution in [0, 0.1) is 0 Å². The smallest absolute Gasteiger partial charge is 0.0821 e. The molecule has 0 saturated heterocycles. The predicted octanol–water partition coefficient (Wildman–Crippen LogP) is 2.97. The van der Waals surface area contributed by atoms with Gasteiger partial charge in [0.25, 0.3) is 0 Å². The van der Waals surface area contributed by atoms with E-state index in [1.54, 1.807) is 6.20 Å². The van der Waals surface area contributed by atoms with Crippen molar-refractivity contribution >= 4 is 23.2 Å². The minimum absolute atomic E-state index is 0.210. The summed E-state index contributed by atoms with van der Waals surface area (Å²) in [6, 6.07) is 0. The van der Waals surface area contributed by atoms with Crippen molar-refractivity contribution in [2.45, 2.75) is 37.1 Å². The van der Waals surface area contributed by atoms with Gasteiger partial charge < -0.3 is 4.90 Å². The van der Waals surface area contributed by atoms with Crippen molar-refractivity contribution in [3.8, 4) is 0 Å². The predicted molar refractivity (Wildman–Crippen MR) is 72.0 cm³/mol. The first-order valence-electron chi connectivity index (χ1n) is 6.09. The molecule has 2 rings (SSSR count). The lowest BCUT2D eigenvalue weighted by Gasteiger charge is -2.18. The molecule has 1 aliphatic carbocycles. The van der Waals surface area contributed by atoms with E-state index in [1.165, 1.54) is 6.42 Å². The summed E-state index contributed by atoms with van der Waals surface area (Å²) in [7, 11) is 4.12. The monoisotopic (exact) mass is 275 g/mol. The van der Waals surface area contributed by atoms with E-state index in [0.717, 1.165) is 36.6 Å². The number of likely N-dealkylation sites (N-methyl/N-ethyl adjacent to an activating group) is 1. The Hall–Kier alpha value is -0.250. The minimum atomic E-state index is 0.210. The number of nitrogens with zero attached hydrogens (tertiary/aromatic N) is 3. The molecule has 1 heterocycles. The van der Waals surface area contributed by atoms with Crippen molar-refractivity contribution in [1.29, 1.82) is 0 Å². The van der Waals surface area contributed by atoms with Crippen LogP contribution >= 0.6 is 23.2 Å². The van der Waals surface area contributed by atoms with E-state index < -0.39 is 0 Å². The lowest BCUT2D eigenvalue weighted by Crippen LogP contribution is -2.22. The minimum Gasteiger partial charge on any atom is -0.308 e. The van der Waals surface area contributed by atoms with Gasteiger partial charge in [0.05, 0.1) is 23.5 Å². The Morgan fingerprint density at radius 2 is 2.24 bits per heavy atom. The van der Waals surface area contributed by atoms with E-state index in [9.17, 15) is 0 Å². The second-order valence-corrected chi connectivity index (χ2v) is 5.93. The van der Waals surface area contributed by atoms with Crippen LogP contribution in [0.1, 0.15) is 30.9 Å². The summed E-state index contributed by atoms with van der Waals surface area (Å²) >= 11 is 12.6. The van der Waals surface area contributed by atoms with E-state index in [1.807, 2.05) is 4.68 Å². The Balaban J connectivity index is 2.17. The maximum atomic E-state index is 6.37. The topological polar surface area (TPSA) is 21.1 Å². The first-order chi connectivity index (χ1) is 8.09. The second-order valence-electron chi connectivity index (χ2n) is 4.96. The van der Waals surface area contributed by atoms with Gasteiger partial charge in [-0.3, -0.25) is 4.68 Å². The van der Waals surface area contributed by atoms with Gasteiger partial charge in [-0.2, -0.15) is 5.10 Å². The van der Waals surface area contributed by atoms with Crippen LogP contribution in [0.2, 0.25) is 5.02 Å². The molecule has 0 amide bonds. The maximum Gasteiger partial charge on any atom is 0.0821 e. The zero-order valence-electron chi connectivity index (χ0n) is 10.4. The van der Waals surface area contributed by atoms with Gasteiger partial charge in [0.2, 0.25) is 0 Å². The molecule has 1 fully saturated rings. The Labute approximate surface area is 113 Å². The van der Waals surface area contributed by atoms with Crippen LogP contribution in [-0.4, -0.2) is 40.7 Å². The molecule has 0 spiro atoms. The summed E-state index contributed by atoms with van der Waals surface area (Å²) in [5.41, 5.74) is 1.13. The second kappa shape index (κ2) is 5.59. The van der Waals surface area contributed by atoms with Crippen molar-refractivity contribution in [2.75, 3.05) is 20.6 Å². The molecule has 17 heavy (non-hydrogen) atoms. The number of hydrogen-bond donors (Lipinski definition) is 0. The third kappa shape index (κ3) is 2.95. The van der Waals surface area contributed by atoms with Gasteiger partial charge in [0.1, 0.15) is 0 Å². The van der Waals surface area contributed by atoms with Crippen LogP contribution in [0.25, 0.3) is 0 Å². The first-order valence-corrected chi connectivity index (χ1v) is 6.91. The van der Waals surface area contributed by atoms with Gasteiger partial charge in [0, 0.05) is 17.8 Å². The summed E-state index contributed by atoms with van der Waals surface area (Å²) in [5, 5.41) is 5.34. The van der Waals surface area contributed by atoms with Crippen LogP contribution in [0.4, 0.5) is 0 Å². The fraction of sp³-hybridized carbons (Fsp3) is 0.750. The molecule has 5 heteroatoms. The van der Waals surface area contributed by atoms with Gasteiger partial charge in [-0.25, -0.2) is 0 Å². The van der Waals surface area contributed by atoms with Crippen LogP contribution in [-0.2, 0) is 6.54 Å². The molecule has 0 bridgehead atoms. The lowest BCUT2D eigenvalue weighted by molar-refractivity contribution is 0.366. The highest BCUT2D eigenvalue weighted by Crippen LogP contribution is 2.40. The normalized spacial score (nSPS) is 24.8. The van der Waals surface area contributed by atoms with Crippen molar-refractivity contribution in [3.05, 3.63) is 16.9 Å². The third-order valence-electron chi connectivity index (χ3n) is 3.38. The van der Waals surface area contributed by atoms with Gasteiger partial charge in [-0.15, -0.1) is 11.6 Å². The summed E-state index contributed by atoms with van der Waals surface area (Å²) in [6.07, 6.45) is 5.14. The molecule has 0 N–H and O–H groups in total. The van der Waals surface area contributed by atoms with E-state index >= 15 is 0 Å². The highest BCUT2D eigenvalue weighted by molar-refractivity contribution is 6.31. The Bertz CT molecular complexity index is 376. The molecule has 96 valence electrons. The first kappa shape index (κ1) is 13.2. The number of halogens is 2. The quantitative estimate of drug-likeness (QED) is 0.788. The van der Waals surface area contributed by atoms with Crippen molar-refractivity contribution in [2.24, 2.45) is 0 Å². The van der Waals surface area contributed by atoms with Crippen LogP contribution in [0.5, 0.6) is 0 Å². The average molecular weight is 276 g/mol. The molecule has 2 unspecified atom stereocenters. The number of rotatable bonds is 4. The lowest BCUT2D eigenvalue weighted by atomic mass is 10.0. The molecule has 3 nitrogen and oxygen atoms in total. The highest BCUT2D eigenvalue weighted by atomic mass is 35.5. The summed E-state index contributed by atoms with van der Waals surface area (Å²) in [4.78, 5) is 2.15. The van der Waals surface area contributed by atoms with Gasteiger partial charge >= 0.3 is 0 Å². The number of hydrogen-bond acceptors (Lipinski definition) is 2. The zero-order valence-corrected chi connectivity index (χ0v) is 11.9. The molecule has 0 aromatic carbocycles. The number of alkyl halides is 1. The molecular weight excluding hydrogens is 257 g/mol. The maximum absolute atomic E-state index is 6.37. The zero-order chi connectivity index (χ0) is 12.4. The van der Waals surface area contributed by atoms with E-state index in [0.29, 0.717) is 5.92 Å². The van der Waals surface area contributed by atoms with Crippen molar-refractivity contribution < 1.29 is 0 Å². The summed E-state index contributed by atoms with van der Waals surface area (Å²) in [5.74, 6) is 0.369. The molecular formula is C12H19Cl2N3. The standard InChI is InChI=1S/C12H19Cl2N3/c1-16(2)6-7-17-12(11(14)8-15-17)9-4-3-5-10(9)13/h8-10H,3-7H2,1-2H3. The molecule has 0 radical (unpaired) electrons. The molecule has 1 aromatic rings. The third-order valence-corrected chi connectivity index (χ3v) is 4.19. The molecule has 0 aliphatic heterocycles. The molecule has 1 aromatic heterocycles. The summed E-state index contributed by atoms with van der Waals surface area (Å²) < 4.78 is 2.02. The number of aromatic nitrogens is 2. The van der Waals surface area contributed by atoms with E-state index in [2.05, 4.69) is 24.1 Å². The molecule has 2 atom stereocenters. The van der Waals surface area contributed by atoms with Crippen LogP contribution in [0.15, 0.2) is 6.20 Å². The Morgan fingerprint density at radius 3 is 2.82 bits per heavy atom. The average Bonchev–Trinajstić information content (AvgIpc) is 2.82.